The molecule has 0 saturated carbocycles. The Bertz CT molecular complexity index is 1710. The monoisotopic (exact) mass is 567 g/mol. The third-order valence-electron chi connectivity index (χ3n) is 7.94. The summed E-state index contributed by atoms with van der Waals surface area (Å²) in [6, 6.07) is 11.3. The van der Waals surface area contributed by atoms with Crippen molar-refractivity contribution >= 4 is 44.3 Å². The van der Waals surface area contributed by atoms with Crippen molar-refractivity contribution in [3.8, 4) is 11.1 Å². The van der Waals surface area contributed by atoms with Crippen molar-refractivity contribution in [1.82, 2.24) is 19.0 Å². The zero-order chi connectivity index (χ0) is 27.6. The highest BCUT2D eigenvalue weighted by Crippen LogP contribution is 2.42. The van der Waals surface area contributed by atoms with E-state index in [1.165, 1.54) is 10.6 Å². The van der Waals surface area contributed by atoms with E-state index >= 15 is 0 Å². The molecule has 0 unspecified atom stereocenters. The minimum absolute atomic E-state index is 0.0131. The number of anilines is 1. The standard InChI is InChI=1S/C28H30ClN5O4S/c1-16-5-7-20(14-22(16)29)33-25(9-10-26(33)35)28-30-23-13-19(27-17(2)31-38-18(27)3)6-8-24(23)34(28)21-11-12-32(15-21)39(4,36)37/h5-8,13-14,21,25H,9-12,15H2,1-4H3/t21-,25+/m1/s1. The van der Waals surface area contributed by atoms with Gasteiger partial charge in [0.15, 0.2) is 0 Å². The van der Waals surface area contributed by atoms with Crippen LogP contribution in [0.1, 0.15) is 54.2 Å². The number of hydrogen-bond acceptors (Lipinski definition) is 6. The molecule has 204 valence electrons. The lowest BCUT2D eigenvalue weighted by atomic mass is 10.0. The molecule has 0 radical (unpaired) electrons. The molecule has 2 aliphatic heterocycles. The van der Waals surface area contributed by atoms with Crippen LogP contribution < -0.4 is 4.90 Å². The predicted molar refractivity (Wildman–Crippen MR) is 150 cm³/mol. The van der Waals surface area contributed by atoms with Crippen molar-refractivity contribution in [3.63, 3.8) is 0 Å². The van der Waals surface area contributed by atoms with Crippen molar-refractivity contribution in [3.05, 3.63) is 64.3 Å². The fraction of sp³-hybridized carbons (Fsp3) is 0.393. The first-order chi connectivity index (χ1) is 18.5. The summed E-state index contributed by atoms with van der Waals surface area (Å²) in [6.07, 6.45) is 2.90. The van der Waals surface area contributed by atoms with Gasteiger partial charge in [-0.25, -0.2) is 17.7 Å². The number of hydrogen-bond donors (Lipinski definition) is 0. The molecule has 0 bridgehead atoms. The summed E-state index contributed by atoms with van der Waals surface area (Å²) < 4.78 is 33.8. The van der Waals surface area contributed by atoms with Gasteiger partial charge in [-0.2, -0.15) is 0 Å². The SMILES string of the molecule is Cc1ccc(N2C(=O)CC[C@H]2c2nc3cc(-c4c(C)noc4C)ccc3n2[C@@H]2CCN(S(C)(=O)=O)C2)cc1Cl. The van der Waals surface area contributed by atoms with Crippen LogP contribution in [0.2, 0.25) is 5.02 Å². The van der Waals surface area contributed by atoms with Gasteiger partial charge in [-0.3, -0.25) is 4.79 Å². The molecular weight excluding hydrogens is 538 g/mol. The number of sulfonamides is 1. The molecule has 2 atom stereocenters. The number of nitrogens with zero attached hydrogens (tertiary/aromatic N) is 5. The van der Waals surface area contributed by atoms with Crippen molar-refractivity contribution in [2.45, 2.75) is 52.1 Å². The highest BCUT2D eigenvalue weighted by atomic mass is 35.5. The molecule has 2 aromatic heterocycles. The summed E-state index contributed by atoms with van der Waals surface area (Å²) in [6.45, 7) is 6.53. The van der Waals surface area contributed by atoms with E-state index in [2.05, 4.69) is 9.72 Å². The molecule has 11 heteroatoms. The molecule has 2 aliphatic rings. The van der Waals surface area contributed by atoms with Crippen molar-refractivity contribution < 1.29 is 17.7 Å². The quantitative estimate of drug-likeness (QED) is 0.322. The van der Waals surface area contributed by atoms with E-state index < -0.39 is 10.0 Å². The summed E-state index contributed by atoms with van der Waals surface area (Å²) in [4.78, 5) is 20.1. The predicted octanol–water partition coefficient (Wildman–Crippen LogP) is 5.34. The fourth-order valence-corrected chi connectivity index (χ4v) is 7.05. The molecule has 0 aliphatic carbocycles. The summed E-state index contributed by atoms with van der Waals surface area (Å²) >= 11 is 6.45. The lowest BCUT2D eigenvalue weighted by molar-refractivity contribution is -0.117. The number of benzene rings is 2. The average Bonchev–Trinajstić information content (AvgIpc) is 3.65. The van der Waals surface area contributed by atoms with Gasteiger partial charge in [0.1, 0.15) is 11.6 Å². The van der Waals surface area contributed by atoms with Crippen LogP contribution in [0.15, 0.2) is 40.9 Å². The Kier molecular flexibility index (Phi) is 6.32. The van der Waals surface area contributed by atoms with E-state index in [-0.39, 0.29) is 18.0 Å². The van der Waals surface area contributed by atoms with Crippen LogP contribution in [0.3, 0.4) is 0 Å². The number of aryl methyl sites for hydroxylation is 3. The number of carbonyl (C=O) groups excluding carboxylic acids is 1. The highest BCUT2D eigenvalue weighted by Gasteiger charge is 2.40. The Morgan fingerprint density at radius 2 is 1.87 bits per heavy atom. The Hall–Kier alpha value is -3.21. The number of imidazole rings is 1. The number of fused-ring (bicyclic) bond motifs is 1. The molecule has 2 fully saturated rings. The van der Waals surface area contributed by atoms with Crippen LogP contribution >= 0.6 is 11.6 Å². The summed E-state index contributed by atoms with van der Waals surface area (Å²) in [5.74, 6) is 1.50. The minimum atomic E-state index is -3.33. The van der Waals surface area contributed by atoms with Crippen LogP contribution in [0.25, 0.3) is 22.2 Å². The van der Waals surface area contributed by atoms with Gasteiger partial charge < -0.3 is 14.0 Å². The maximum atomic E-state index is 13.2. The lowest BCUT2D eigenvalue weighted by Gasteiger charge is -2.27. The Morgan fingerprint density at radius 1 is 1.08 bits per heavy atom. The van der Waals surface area contributed by atoms with Crippen LogP contribution in [-0.4, -0.2) is 52.7 Å². The van der Waals surface area contributed by atoms with E-state index in [9.17, 15) is 13.2 Å². The number of aromatic nitrogens is 3. The van der Waals surface area contributed by atoms with Crippen LogP contribution in [0, 0.1) is 20.8 Å². The summed E-state index contributed by atoms with van der Waals surface area (Å²) in [5, 5.41) is 4.70. The Balaban J connectivity index is 1.51. The Labute approximate surface area is 232 Å². The Morgan fingerprint density at radius 3 is 2.54 bits per heavy atom. The third-order valence-corrected chi connectivity index (χ3v) is 9.62. The molecule has 6 rings (SSSR count). The largest absolute Gasteiger partial charge is 0.361 e. The van der Waals surface area contributed by atoms with Crippen LogP contribution in [-0.2, 0) is 14.8 Å². The molecule has 4 heterocycles. The zero-order valence-electron chi connectivity index (χ0n) is 22.3. The lowest BCUT2D eigenvalue weighted by Crippen LogP contribution is -2.31. The average molecular weight is 568 g/mol. The zero-order valence-corrected chi connectivity index (χ0v) is 23.9. The minimum Gasteiger partial charge on any atom is -0.361 e. The molecule has 4 aromatic rings. The second-order valence-corrected chi connectivity index (χ2v) is 12.9. The van der Waals surface area contributed by atoms with Gasteiger partial charge in [-0.1, -0.05) is 28.9 Å². The van der Waals surface area contributed by atoms with Gasteiger partial charge in [0.05, 0.1) is 35.1 Å². The molecule has 2 aromatic carbocycles. The fourth-order valence-electron chi connectivity index (χ4n) is 5.99. The maximum Gasteiger partial charge on any atom is 0.227 e. The number of rotatable bonds is 5. The summed E-state index contributed by atoms with van der Waals surface area (Å²) in [7, 11) is -3.33. The van der Waals surface area contributed by atoms with E-state index in [0.717, 1.165) is 50.7 Å². The maximum absolute atomic E-state index is 13.2. The van der Waals surface area contributed by atoms with E-state index in [0.29, 0.717) is 37.4 Å². The van der Waals surface area contributed by atoms with Crippen molar-refractivity contribution in [1.29, 1.82) is 0 Å². The second-order valence-electron chi connectivity index (χ2n) is 10.6. The topological polar surface area (TPSA) is 102 Å². The first kappa shape index (κ1) is 26.0. The van der Waals surface area contributed by atoms with Gasteiger partial charge in [-0.15, -0.1) is 0 Å². The van der Waals surface area contributed by atoms with E-state index in [1.807, 2.05) is 57.2 Å². The molecule has 2 saturated heterocycles. The molecule has 39 heavy (non-hydrogen) atoms. The van der Waals surface area contributed by atoms with E-state index in [1.54, 1.807) is 4.90 Å². The first-order valence-corrected chi connectivity index (χ1v) is 15.2. The van der Waals surface area contributed by atoms with Gasteiger partial charge >= 0.3 is 0 Å². The normalized spacial score (nSPS) is 20.5. The van der Waals surface area contributed by atoms with Gasteiger partial charge in [0, 0.05) is 35.8 Å². The molecule has 0 spiro atoms. The second kappa shape index (κ2) is 9.46. The van der Waals surface area contributed by atoms with Gasteiger partial charge in [0.25, 0.3) is 0 Å². The van der Waals surface area contributed by atoms with Crippen molar-refractivity contribution in [2.75, 3.05) is 24.2 Å². The van der Waals surface area contributed by atoms with Crippen LogP contribution in [0.4, 0.5) is 5.69 Å². The third kappa shape index (κ3) is 4.44. The first-order valence-electron chi connectivity index (χ1n) is 13.0. The van der Waals surface area contributed by atoms with E-state index in [4.69, 9.17) is 21.1 Å². The van der Waals surface area contributed by atoms with Crippen molar-refractivity contribution in [2.24, 2.45) is 0 Å². The smallest absolute Gasteiger partial charge is 0.227 e. The highest BCUT2D eigenvalue weighted by molar-refractivity contribution is 7.88. The number of carbonyl (C=O) groups is 1. The van der Waals surface area contributed by atoms with Gasteiger partial charge in [-0.05, 0) is 69.0 Å². The molecule has 0 N–H and O–H groups in total. The number of amides is 1. The molecule has 9 nitrogen and oxygen atoms in total. The number of halogens is 1. The summed E-state index contributed by atoms with van der Waals surface area (Å²) in [5.41, 5.74) is 6.04. The van der Waals surface area contributed by atoms with Gasteiger partial charge in [0.2, 0.25) is 15.9 Å². The molecule has 1 amide bonds. The molecular formula is C28H30ClN5O4S. The van der Waals surface area contributed by atoms with Crippen LogP contribution in [0.5, 0.6) is 0 Å².